The van der Waals surface area contributed by atoms with Crippen LogP contribution in [0.2, 0.25) is 0 Å². The van der Waals surface area contributed by atoms with Gasteiger partial charge in [0.1, 0.15) is 0 Å². The Morgan fingerprint density at radius 3 is 2.89 bits per heavy atom. The third-order valence-electron chi connectivity index (χ3n) is 3.16. The van der Waals surface area contributed by atoms with Crippen LogP contribution in [-0.4, -0.2) is 17.7 Å². The molecule has 0 saturated heterocycles. The Morgan fingerprint density at radius 1 is 1.17 bits per heavy atom. The molecule has 0 aliphatic heterocycles. The van der Waals surface area contributed by atoms with E-state index in [-0.39, 0.29) is 0 Å². The van der Waals surface area contributed by atoms with Crippen LogP contribution in [0.1, 0.15) is 26.2 Å². The van der Waals surface area contributed by atoms with Crippen LogP contribution >= 0.6 is 15.9 Å². The summed E-state index contributed by atoms with van der Waals surface area (Å²) in [6.45, 7) is 5.59. The first kappa shape index (κ1) is 13.6. The van der Waals surface area contributed by atoms with Crippen LogP contribution < -0.4 is 5.32 Å². The number of unbranched alkanes of at least 4 members (excludes halogenated alkanes) is 1. The van der Waals surface area contributed by atoms with Gasteiger partial charge in [-0.15, -0.1) is 0 Å². The molecule has 1 aromatic heterocycles. The lowest BCUT2D eigenvalue weighted by atomic mass is 10.2. The number of hydrogen-bond donors (Lipinski definition) is 1. The topological polar surface area (TPSA) is 17.0 Å². The van der Waals surface area contributed by atoms with E-state index in [1.165, 1.54) is 30.2 Å². The van der Waals surface area contributed by atoms with Crippen molar-refractivity contribution in [3.63, 3.8) is 0 Å². The van der Waals surface area contributed by atoms with Crippen molar-refractivity contribution in [2.24, 2.45) is 0 Å². The van der Waals surface area contributed by atoms with Gasteiger partial charge in [-0.25, -0.2) is 0 Å². The largest absolute Gasteiger partial charge is 0.347 e. The molecule has 18 heavy (non-hydrogen) atoms. The highest BCUT2D eigenvalue weighted by Gasteiger charge is 2.00. The van der Waals surface area contributed by atoms with Crippen LogP contribution in [0.25, 0.3) is 10.9 Å². The molecule has 1 aromatic carbocycles. The molecule has 2 aromatic rings. The van der Waals surface area contributed by atoms with Crippen molar-refractivity contribution in [3.05, 3.63) is 34.9 Å². The summed E-state index contributed by atoms with van der Waals surface area (Å²) in [6, 6.07) is 8.67. The molecule has 1 heterocycles. The molecular weight excluding hydrogens is 288 g/mol. The van der Waals surface area contributed by atoms with Crippen LogP contribution in [0, 0.1) is 0 Å². The van der Waals surface area contributed by atoms with E-state index in [4.69, 9.17) is 0 Å². The first-order valence-corrected chi connectivity index (χ1v) is 7.55. The number of nitrogens with one attached hydrogen (secondary N) is 1. The van der Waals surface area contributed by atoms with Crippen molar-refractivity contribution in [1.82, 2.24) is 9.88 Å². The lowest BCUT2D eigenvalue weighted by molar-refractivity contribution is 0.575. The number of hydrogen-bond acceptors (Lipinski definition) is 1. The van der Waals surface area contributed by atoms with E-state index in [1.807, 2.05) is 0 Å². The van der Waals surface area contributed by atoms with Gasteiger partial charge in [-0.05, 0) is 56.6 Å². The van der Waals surface area contributed by atoms with E-state index in [0.29, 0.717) is 0 Å². The summed E-state index contributed by atoms with van der Waals surface area (Å²) < 4.78 is 3.50. The number of fused-ring (bicyclic) bond motifs is 1. The average Bonchev–Trinajstić information content (AvgIpc) is 2.76. The maximum atomic E-state index is 3.51. The minimum Gasteiger partial charge on any atom is -0.347 e. The van der Waals surface area contributed by atoms with Gasteiger partial charge >= 0.3 is 0 Å². The summed E-state index contributed by atoms with van der Waals surface area (Å²) >= 11 is 3.51. The van der Waals surface area contributed by atoms with E-state index < -0.39 is 0 Å². The molecule has 2 rings (SSSR count). The van der Waals surface area contributed by atoms with Crippen LogP contribution in [0.15, 0.2) is 34.9 Å². The van der Waals surface area contributed by atoms with Crippen molar-refractivity contribution in [3.8, 4) is 0 Å². The van der Waals surface area contributed by atoms with Crippen LogP contribution in [-0.2, 0) is 6.54 Å². The zero-order valence-corrected chi connectivity index (χ0v) is 12.5. The fourth-order valence-electron chi connectivity index (χ4n) is 2.20. The van der Waals surface area contributed by atoms with Crippen LogP contribution in [0.4, 0.5) is 0 Å². The minimum atomic E-state index is 1.11. The van der Waals surface area contributed by atoms with E-state index in [2.05, 4.69) is 63.2 Å². The molecule has 3 heteroatoms. The molecule has 0 saturated carbocycles. The lowest BCUT2D eigenvalue weighted by Gasteiger charge is -2.06. The highest BCUT2D eigenvalue weighted by atomic mass is 79.9. The molecule has 0 unspecified atom stereocenters. The second-order valence-corrected chi connectivity index (χ2v) is 5.59. The number of aromatic nitrogens is 1. The third-order valence-corrected chi connectivity index (χ3v) is 3.66. The SMILES string of the molecule is CCCNCCCCn1ccc2cc(Br)ccc21. The molecule has 1 N–H and O–H groups in total. The van der Waals surface area contributed by atoms with Gasteiger partial charge in [0, 0.05) is 28.1 Å². The quantitative estimate of drug-likeness (QED) is 0.759. The van der Waals surface area contributed by atoms with Crippen molar-refractivity contribution in [2.45, 2.75) is 32.7 Å². The van der Waals surface area contributed by atoms with E-state index in [9.17, 15) is 0 Å². The predicted octanol–water partition coefficient (Wildman–Crippen LogP) is 4.18. The standard InChI is InChI=1S/C15H21BrN2/c1-2-8-17-9-3-4-10-18-11-7-13-12-14(16)5-6-15(13)18/h5-7,11-12,17H,2-4,8-10H2,1H3. The summed E-state index contributed by atoms with van der Waals surface area (Å²) in [5.74, 6) is 0. The minimum absolute atomic E-state index is 1.11. The van der Waals surface area contributed by atoms with Crippen LogP contribution in [0.3, 0.4) is 0 Å². The second kappa shape index (κ2) is 6.95. The van der Waals surface area contributed by atoms with Gasteiger partial charge in [0.25, 0.3) is 0 Å². The van der Waals surface area contributed by atoms with Gasteiger partial charge < -0.3 is 9.88 Å². The zero-order valence-electron chi connectivity index (χ0n) is 11.0. The molecule has 0 radical (unpaired) electrons. The lowest BCUT2D eigenvalue weighted by Crippen LogP contribution is -2.16. The molecule has 0 aliphatic carbocycles. The summed E-state index contributed by atoms with van der Waals surface area (Å²) in [4.78, 5) is 0. The Morgan fingerprint density at radius 2 is 2.06 bits per heavy atom. The van der Waals surface area contributed by atoms with Gasteiger partial charge in [0.05, 0.1) is 0 Å². The summed E-state index contributed by atoms with van der Waals surface area (Å²) in [5.41, 5.74) is 1.33. The fraction of sp³-hybridized carbons (Fsp3) is 0.467. The van der Waals surface area contributed by atoms with Gasteiger partial charge in [-0.1, -0.05) is 22.9 Å². The fourth-order valence-corrected chi connectivity index (χ4v) is 2.58. The maximum absolute atomic E-state index is 3.51. The Labute approximate surface area is 118 Å². The Bertz CT molecular complexity index is 490. The molecule has 2 nitrogen and oxygen atoms in total. The van der Waals surface area contributed by atoms with Crippen molar-refractivity contribution < 1.29 is 0 Å². The van der Waals surface area contributed by atoms with Crippen molar-refractivity contribution >= 4 is 26.8 Å². The van der Waals surface area contributed by atoms with Crippen molar-refractivity contribution in [2.75, 3.05) is 13.1 Å². The highest BCUT2D eigenvalue weighted by Crippen LogP contribution is 2.21. The number of rotatable bonds is 7. The normalized spacial score (nSPS) is 11.2. The molecule has 98 valence electrons. The number of benzene rings is 1. The first-order valence-electron chi connectivity index (χ1n) is 6.76. The summed E-state index contributed by atoms with van der Waals surface area (Å²) in [7, 11) is 0. The maximum Gasteiger partial charge on any atom is 0.0481 e. The smallest absolute Gasteiger partial charge is 0.0481 e. The molecule has 0 fully saturated rings. The van der Waals surface area contributed by atoms with Gasteiger partial charge in [0.15, 0.2) is 0 Å². The summed E-state index contributed by atoms with van der Waals surface area (Å²) in [6.07, 6.45) is 5.89. The van der Waals surface area contributed by atoms with Gasteiger partial charge in [-0.2, -0.15) is 0 Å². The molecule has 0 bridgehead atoms. The monoisotopic (exact) mass is 308 g/mol. The van der Waals surface area contributed by atoms with E-state index >= 15 is 0 Å². The Kier molecular flexibility index (Phi) is 5.26. The Balaban J connectivity index is 1.84. The highest BCUT2D eigenvalue weighted by molar-refractivity contribution is 9.10. The van der Waals surface area contributed by atoms with Gasteiger partial charge in [0.2, 0.25) is 0 Å². The average molecular weight is 309 g/mol. The second-order valence-electron chi connectivity index (χ2n) is 4.67. The Hall–Kier alpha value is -0.800. The predicted molar refractivity (Wildman–Crippen MR) is 82.0 cm³/mol. The molecule has 0 spiro atoms. The number of nitrogens with zero attached hydrogens (tertiary/aromatic N) is 1. The zero-order chi connectivity index (χ0) is 12.8. The first-order chi connectivity index (χ1) is 8.81. The number of halogens is 1. The third kappa shape index (κ3) is 3.59. The molecule has 0 atom stereocenters. The van der Waals surface area contributed by atoms with Crippen molar-refractivity contribution in [1.29, 1.82) is 0 Å². The van der Waals surface area contributed by atoms with E-state index in [1.54, 1.807) is 0 Å². The van der Waals surface area contributed by atoms with Gasteiger partial charge in [-0.3, -0.25) is 0 Å². The van der Waals surface area contributed by atoms with E-state index in [0.717, 1.165) is 24.1 Å². The van der Waals surface area contributed by atoms with Crippen LogP contribution in [0.5, 0.6) is 0 Å². The molecule has 0 aliphatic rings. The molecule has 0 amide bonds. The molecular formula is C15H21BrN2. The number of aryl methyl sites for hydroxylation is 1. The summed E-state index contributed by atoms with van der Waals surface area (Å²) in [5, 5.41) is 4.76.